The number of rotatable bonds is 4. The third-order valence-electron chi connectivity index (χ3n) is 3.72. The molecule has 1 aliphatic rings. The van der Waals surface area contributed by atoms with Gasteiger partial charge in [-0.2, -0.15) is 0 Å². The molecule has 1 rings (SSSR count). The van der Waals surface area contributed by atoms with Gasteiger partial charge in [0.1, 0.15) is 11.5 Å². The van der Waals surface area contributed by atoms with E-state index >= 15 is 0 Å². The Labute approximate surface area is 138 Å². The van der Waals surface area contributed by atoms with Crippen LogP contribution in [0.3, 0.4) is 0 Å². The van der Waals surface area contributed by atoms with Crippen molar-refractivity contribution in [3.63, 3.8) is 0 Å². The Morgan fingerprint density at radius 3 is 2.45 bits per heavy atom. The minimum atomic E-state index is -0.511. The van der Waals surface area contributed by atoms with Crippen LogP contribution in [0.25, 0.3) is 0 Å². The fourth-order valence-electron chi connectivity index (χ4n) is 2.66. The van der Waals surface area contributed by atoms with Gasteiger partial charge < -0.3 is 14.5 Å². The number of hydrogen-bond acceptors (Lipinski definition) is 3. The van der Waals surface area contributed by atoms with E-state index in [0.29, 0.717) is 13.1 Å². The summed E-state index contributed by atoms with van der Waals surface area (Å²) in [6.45, 7) is 10.7. The van der Waals surface area contributed by atoms with Crippen LogP contribution in [-0.4, -0.2) is 58.5 Å². The summed E-state index contributed by atoms with van der Waals surface area (Å²) in [7, 11) is 0. The van der Waals surface area contributed by atoms with Crippen LogP contribution < -0.4 is 0 Å². The Morgan fingerprint density at radius 1 is 1.32 bits per heavy atom. The van der Waals surface area contributed by atoms with Gasteiger partial charge in [0.05, 0.1) is 6.04 Å². The third kappa shape index (κ3) is 5.67. The van der Waals surface area contributed by atoms with E-state index in [2.05, 4.69) is 0 Å². The highest BCUT2D eigenvalue weighted by Gasteiger charge is 2.32. The summed E-state index contributed by atoms with van der Waals surface area (Å²) >= 11 is 5.70. The van der Waals surface area contributed by atoms with Crippen molar-refractivity contribution in [1.29, 1.82) is 0 Å². The van der Waals surface area contributed by atoms with Crippen molar-refractivity contribution in [2.24, 2.45) is 0 Å². The molecule has 128 valence electrons. The lowest BCUT2D eigenvalue weighted by atomic mass is 10.0. The third-order valence-corrected chi connectivity index (χ3v) is 3.95. The number of halogens is 1. The summed E-state index contributed by atoms with van der Waals surface area (Å²) < 4.78 is 5.49. The minimum absolute atomic E-state index is 0.00170. The number of carbonyl (C=O) groups is 2. The van der Waals surface area contributed by atoms with Gasteiger partial charge in [0.15, 0.2) is 0 Å². The monoisotopic (exact) mass is 332 g/mol. The molecule has 1 saturated heterocycles. The van der Waals surface area contributed by atoms with Crippen LogP contribution in [-0.2, 0) is 9.53 Å². The van der Waals surface area contributed by atoms with Gasteiger partial charge in [-0.05, 0) is 53.9 Å². The standard InChI is InChI=1S/C16H29ClN2O3/c1-12(2)19(14(20)10-17)11-13-8-6-7-9-18(13)15(21)22-16(3,4)5/h12-13H,6-11H2,1-5H3/t13-/m0/s1. The Kier molecular flexibility index (Phi) is 6.98. The van der Waals surface area contributed by atoms with Gasteiger partial charge in [-0.3, -0.25) is 4.79 Å². The van der Waals surface area contributed by atoms with Crippen LogP contribution in [0.1, 0.15) is 53.9 Å². The quantitative estimate of drug-likeness (QED) is 0.742. The van der Waals surface area contributed by atoms with Crippen molar-refractivity contribution in [2.45, 2.75) is 71.6 Å². The molecule has 0 saturated carbocycles. The number of piperidine rings is 1. The Morgan fingerprint density at radius 2 is 1.95 bits per heavy atom. The maximum atomic E-state index is 12.4. The van der Waals surface area contributed by atoms with E-state index < -0.39 is 5.60 Å². The second-order valence-electron chi connectivity index (χ2n) is 7.10. The molecular formula is C16H29ClN2O3. The molecule has 1 aliphatic heterocycles. The first-order valence-electron chi connectivity index (χ1n) is 8.00. The summed E-state index contributed by atoms with van der Waals surface area (Å²) in [5, 5.41) is 0. The lowest BCUT2D eigenvalue weighted by molar-refractivity contribution is -0.131. The smallest absolute Gasteiger partial charge is 0.410 e. The van der Waals surface area contributed by atoms with Gasteiger partial charge in [0, 0.05) is 19.1 Å². The number of likely N-dealkylation sites (tertiary alicyclic amines) is 1. The first-order valence-corrected chi connectivity index (χ1v) is 8.54. The summed E-state index contributed by atoms with van der Waals surface area (Å²) in [4.78, 5) is 27.9. The highest BCUT2D eigenvalue weighted by molar-refractivity contribution is 6.27. The van der Waals surface area contributed by atoms with Crippen LogP contribution in [0.2, 0.25) is 0 Å². The molecule has 0 bridgehead atoms. The Hall–Kier alpha value is -0.970. The molecule has 5 nitrogen and oxygen atoms in total. The minimum Gasteiger partial charge on any atom is -0.444 e. The van der Waals surface area contributed by atoms with Crippen molar-refractivity contribution in [2.75, 3.05) is 19.0 Å². The second-order valence-corrected chi connectivity index (χ2v) is 7.36. The first kappa shape index (κ1) is 19.1. The summed E-state index contributed by atoms with van der Waals surface area (Å²) in [5.41, 5.74) is -0.511. The Bertz CT molecular complexity index is 393. The molecule has 0 aromatic rings. The van der Waals surface area contributed by atoms with E-state index in [1.54, 1.807) is 9.80 Å². The predicted octanol–water partition coefficient (Wildman–Crippen LogP) is 3.25. The second kappa shape index (κ2) is 8.04. The van der Waals surface area contributed by atoms with Gasteiger partial charge in [-0.15, -0.1) is 11.6 Å². The van der Waals surface area contributed by atoms with E-state index in [1.807, 2.05) is 34.6 Å². The van der Waals surface area contributed by atoms with Gasteiger partial charge in [-0.1, -0.05) is 0 Å². The molecular weight excluding hydrogens is 304 g/mol. The fraction of sp³-hybridized carbons (Fsp3) is 0.875. The molecule has 0 spiro atoms. The maximum absolute atomic E-state index is 12.4. The predicted molar refractivity (Wildman–Crippen MR) is 88.1 cm³/mol. The Balaban J connectivity index is 2.80. The molecule has 22 heavy (non-hydrogen) atoms. The number of hydrogen-bond donors (Lipinski definition) is 0. The van der Waals surface area contributed by atoms with Gasteiger partial charge in [0.25, 0.3) is 0 Å². The summed E-state index contributed by atoms with van der Waals surface area (Å²) in [5.74, 6) is -0.122. The molecule has 0 aliphatic carbocycles. The fourth-order valence-corrected chi connectivity index (χ4v) is 2.81. The summed E-state index contributed by atoms with van der Waals surface area (Å²) in [6, 6.07) is 0.0619. The van der Waals surface area contributed by atoms with Crippen molar-refractivity contribution in [1.82, 2.24) is 9.80 Å². The van der Waals surface area contributed by atoms with Gasteiger partial charge in [-0.25, -0.2) is 4.79 Å². The zero-order chi connectivity index (χ0) is 16.9. The van der Waals surface area contributed by atoms with Gasteiger partial charge >= 0.3 is 6.09 Å². The number of nitrogens with zero attached hydrogens (tertiary/aromatic N) is 2. The molecule has 1 heterocycles. The molecule has 6 heteroatoms. The van der Waals surface area contributed by atoms with Crippen molar-refractivity contribution < 1.29 is 14.3 Å². The number of amides is 2. The number of ether oxygens (including phenoxy) is 1. The highest BCUT2D eigenvalue weighted by Crippen LogP contribution is 2.22. The molecule has 1 fully saturated rings. The van der Waals surface area contributed by atoms with E-state index in [0.717, 1.165) is 19.3 Å². The topological polar surface area (TPSA) is 49.9 Å². The van der Waals surface area contributed by atoms with Gasteiger partial charge in [0.2, 0.25) is 5.91 Å². The summed E-state index contributed by atoms with van der Waals surface area (Å²) in [6.07, 6.45) is 2.63. The molecule has 2 amide bonds. The lowest BCUT2D eigenvalue weighted by Crippen LogP contribution is -2.53. The largest absolute Gasteiger partial charge is 0.444 e. The van der Waals surface area contributed by atoms with E-state index in [4.69, 9.17) is 16.3 Å². The van der Waals surface area contributed by atoms with Crippen LogP contribution in [0.5, 0.6) is 0 Å². The molecule has 0 aromatic heterocycles. The average molecular weight is 333 g/mol. The SMILES string of the molecule is CC(C)N(C[C@@H]1CCCCN1C(=O)OC(C)(C)C)C(=O)CCl. The maximum Gasteiger partial charge on any atom is 0.410 e. The molecule has 0 unspecified atom stereocenters. The van der Waals surface area contributed by atoms with Crippen LogP contribution >= 0.6 is 11.6 Å². The van der Waals surface area contributed by atoms with Crippen molar-refractivity contribution in [3.8, 4) is 0 Å². The highest BCUT2D eigenvalue weighted by atomic mass is 35.5. The first-order chi connectivity index (χ1) is 10.2. The van der Waals surface area contributed by atoms with Crippen molar-refractivity contribution >= 4 is 23.6 Å². The zero-order valence-corrected chi connectivity index (χ0v) is 15.2. The van der Waals surface area contributed by atoms with Crippen molar-refractivity contribution in [3.05, 3.63) is 0 Å². The molecule has 0 aromatic carbocycles. The normalized spacial score (nSPS) is 19.2. The zero-order valence-electron chi connectivity index (χ0n) is 14.4. The van der Waals surface area contributed by atoms with E-state index in [9.17, 15) is 9.59 Å². The van der Waals surface area contributed by atoms with E-state index in [-0.39, 0.29) is 30.0 Å². The van der Waals surface area contributed by atoms with Crippen LogP contribution in [0.15, 0.2) is 0 Å². The van der Waals surface area contributed by atoms with Crippen LogP contribution in [0.4, 0.5) is 4.79 Å². The van der Waals surface area contributed by atoms with E-state index in [1.165, 1.54) is 0 Å². The molecule has 0 radical (unpaired) electrons. The molecule has 1 atom stereocenters. The number of carbonyl (C=O) groups excluding carboxylic acids is 2. The number of alkyl halides is 1. The average Bonchev–Trinajstić information content (AvgIpc) is 2.42. The van der Waals surface area contributed by atoms with Crippen LogP contribution in [0, 0.1) is 0 Å². The lowest BCUT2D eigenvalue weighted by Gasteiger charge is -2.40. The molecule has 0 N–H and O–H groups in total.